The maximum atomic E-state index is 12.5. The van der Waals surface area contributed by atoms with E-state index in [0.29, 0.717) is 29.9 Å². The number of nitrogens with zero attached hydrogens (tertiary/aromatic N) is 4. The van der Waals surface area contributed by atoms with Crippen LogP contribution in [0.5, 0.6) is 5.75 Å². The Morgan fingerprint density at radius 3 is 2.84 bits per heavy atom. The van der Waals surface area contributed by atoms with Crippen molar-refractivity contribution in [2.24, 2.45) is 0 Å². The van der Waals surface area contributed by atoms with Gasteiger partial charge in [0.1, 0.15) is 11.6 Å². The van der Waals surface area contributed by atoms with E-state index in [-0.39, 0.29) is 12.3 Å². The van der Waals surface area contributed by atoms with Crippen LogP contribution in [0.15, 0.2) is 60.8 Å². The number of nitrogens with one attached hydrogen (secondary N) is 1. The van der Waals surface area contributed by atoms with Crippen LogP contribution in [-0.4, -0.2) is 63.9 Å². The van der Waals surface area contributed by atoms with E-state index in [1.165, 1.54) is 10.5 Å². The minimum absolute atomic E-state index is 0.144. The summed E-state index contributed by atoms with van der Waals surface area (Å²) < 4.78 is 7.72. The fourth-order valence-electron chi connectivity index (χ4n) is 4.80. The molecule has 0 aliphatic carbocycles. The maximum absolute atomic E-state index is 12.5. The average molecular weight is 514 g/mol. The van der Waals surface area contributed by atoms with E-state index in [4.69, 9.17) is 9.72 Å². The van der Waals surface area contributed by atoms with Gasteiger partial charge in [-0.15, -0.1) is 0 Å². The summed E-state index contributed by atoms with van der Waals surface area (Å²) in [4.78, 5) is 30.5. The first-order chi connectivity index (χ1) is 18.4. The molecular weight excluding hydrogens is 482 g/mol. The Balaban J connectivity index is 1.33. The van der Waals surface area contributed by atoms with Crippen molar-refractivity contribution in [3.05, 3.63) is 83.2 Å². The normalized spacial score (nSPS) is 13.4. The van der Waals surface area contributed by atoms with Crippen molar-refractivity contribution in [1.82, 2.24) is 19.7 Å². The number of aromatic nitrogens is 3. The Kier molecular flexibility index (Phi) is 7.26. The number of anilines is 1. The highest BCUT2D eigenvalue weighted by molar-refractivity contribution is 5.94. The molecule has 38 heavy (non-hydrogen) atoms. The number of benzene rings is 2. The third-order valence-corrected chi connectivity index (χ3v) is 6.73. The number of pyridine rings is 1. The van der Waals surface area contributed by atoms with Crippen LogP contribution >= 0.6 is 0 Å². The van der Waals surface area contributed by atoms with Gasteiger partial charge in [0.05, 0.1) is 30.8 Å². The molecule has 1 atom stereocenters. The number of hydrogen-bond acceptors (Lipinski definition) is 6. The molecule has 0 radical (unpaired) electrons. The molecule has 4 aromatic rings. The predicted octanol–water partition coefficient (Wildman–Crippen LogP) is 4.18. The van der Waals surface area contributed by atoms with Crippen LogP contribution in [0.1, 0.15) is 46.1 Å². The van der Waals surface area contributed by atoms with Crippen LogP contribution in [0.25, 0.3) is 10.9 Å². The number of rotatable bonds is 9. The quantitative estimate of drug-likeness (QED) is 0.346. The van der Waals surface area contributed by atoms with Crippen molar-refractivity contribution in [2.75, 3.05) is 32.6 Å². The van der Waals surface area contributed by atoms with Crippen LogP contribution in [0.2, 0.25) is 0 Å². The van der Waals surface area contributed by atoms with E-state index in [9.17, 15) is 14.7 Å². The van der Waals surface area contributed by atoms with Crippen LogP contribution < -0.4 is 10.1 Å². The summed E-state index contributed by atoms with van der Waals surface area (Å²) >= 11 is 0. The molecular formula is C29H31N5O4. The number of fused-ring (bicyclic) bond motifs is 2. The number of carbonyl (C=O) groups is 2. The van der Waals surface area contributed by atoms with Crippen molar-refractivity contribution in [2.45, 2.75) is 31.7 Å². The number of aryl methyl sites for hydroxylation is 1. The Bertz CT molecular complexity index is 1480. The molecule has 0 saturated carbocycles. The van der Waals surface area contributed by atoms with Crippen LogP contribution in [0, 0.1) is 0 Å². The molecule has 0 fully saturated rings. The third-order valence-electron chi connectivity index (χ3n) is 6.73. The molecule has 0 spiro atoms. The zero-order chi connectivity index (χ0) is 26.6. The second kappa shape index (κ2) is 10.9. The zero-order valence-corrected chi connectivity index (χ0v) is 21.6. The highest BCUT2D eigenvalue weighted by Crippen LogP contribution is 2.29. The molecule has 2 N–H and O–H groups in total. The lowest BCUT2D eigenvalue weighted by Gasteiger charge is -2.19. The SMILES string of the molecule is CN(C)C(=O)c1cccc([C@@H](CC(=O)O)n2ncc3cc(OCCc4ccc5c(n4)NCCC5)ccc32)c1. The number of carboxylic acids is 1. The molecule has 1 aliphatic rings. The van der Waals surface area contributed by atoms with Gasteiger partial charge < -0.3 is 20.1 Å². The molecule has 9 nitrogen and oxygen atoms in total. The largest absolute Gasteiger partial charge is 0.493 e. The van der Waals surface area contributed by atoms with Gasteiger partial charge in [-0.05, 0) is 60.4 Å². The third kappa shape index (κ3) is 5.46. The topological polar surface area (TPSA) is 110 Å². The first-order valence-corrected chi connectivity index (χ1v) is 12.7. The summed E-state index contributed by atoms with van der Waals surface area (Å²) in [6, 6.07) is 16.4. The average Bonchev–Trinajstić information content (AvgIpc) is 3.34. The number of ether oxygens (including phenoxy) is 1. The lowest BCUT2D eigenvalue weighted by Crippen LogP contribution is -2.22. The Morgan fingerprint density at radius 2 is 2.03 bits per heavy atom. The van der Waals surface area contributed by atoms with Gasteiger partial charge in [-0.2, -0.15) is 5.10 Å². The molecule has 5 rings (SSSR count). The minimum atomic E-state index is -0.950. The molecule has 9 heteroatoms. The van der Waals surface area contributed by atoms with Crippen molar-refractivity contribution < 1.29 is 19.4 Å². The smallest absolute Gasteiger partial charge is 0.305 e. The fourth-order valence-corrected chi connectivity index (χ4v) is 4.80. The highest BCUT2D eigenvalue weighted by Gasteiger charge is 2.22. The van der Waals surface area contributed by atoms with E-state index >= 15 is 0 Å². The lowest BCUT2D eigenvalue weighted by molar-refractivity contribution is -0.137. The van der Waals surface area contributed by atoms with E-state index in [2.05, 4.69) is 22.5 Å². The van der Waals surface area contributed by atoms with Crippen molar-refractivity contribution in [3.63, 3.8) is 0 Å². The van der Waals surface area contributed by atoms with Gasteiger partial charge in [-0.1, -0.05) is 18.2 Å². The van der Waals surface area contributed by atoms with Gasteiger partial charge in [0.15, 0.2) is 0 Å². The van der Waals surface area contributed by atoms with Gasteiger partial charge in [0.25, 0.3) is 5.91 Å². The Morgan fingerprint density at radius 1 is 1.16 bits per heavy atom. The first-order valence-electron chi connectivity index (χ1n) is 12.7. The van der Waals surface area contributed by atoms with Crippen LogP contribution in [0.4, 0.5) is 5.82 Å². The lowest BCUT2D eigenvalue weighted by atomic mass is 10.0. The molecule has 0 saturated heterocycles. The fraction of sp³-hybridized carbons (Fsp3) is 0.310. The monoisotopic (exact) mass is 513 g/mol. The molecule has 196 valence electrons. The Hall–Kier alpha value is -4.40. The van der Waals surface area contributed by atoms with Gasteiger partial charge in [-0.25, -0.2) is 4.98 Å². The summed E-state index contributed by atoms with van der Waals surface area (Å²) in [5.74, 6) is 0.598. The van der Waals surface area contributed by atoms with Crippen molar-refractivity contribution in [3.8, 4) is 5.75 Å². The molecule has 2 aromatic heterocycles. The van der Waals surface area contributed by atoms with E-state index in [1.54, 1.807) is 43.2 Å². The molecule has 2 aromatic carbocycles. The summed E-state index contributed by atoms with van der Waals surface area (Å²) in [5, 5.41) is 18.4. The standard InChI is InChI=1S/C29H31N5O4/c1-33(2)29(37)21-6-3-5-20(15-21)26(17-27(35)36)34-25-11-10-24(16-22(25)18-31-34)38-14-12-23-9-8-19-7-4-13-30-28(19)32-23/h3,5-6,8-11,15-16,18,26H,4,7,12-14,17H2,1-2H3,(H,30,32)(H,35,36)/t26-/m1/s1. The van der Waals surface area contributed by atoms with Gasteiger partial charge in [0.2, 0.25) is 0 Å². The van der Waals surface area contributed by atoms with E-state index in [1.807, 2.05) is 24.3 Å². The van der Waals surface area contributed by atoms with Crippen LogP contribution in [0.3, 0.4) is 0 Å². The zero-order valence-electron chi connectivity index (χ0n) is 21.6. The predicted molar refractivity (Wildman–Crippen MR) is 145 cm³/mol. The van der Waals surface area contributed by atoms with Crippen LogP contribution in [-0.2, 0) is 17.6 Å². The molecule has 0 unspecified atom stereocenters. The maximum Gasteiger partial charge on any atom is 0.305 e. The van der Waals surface area contributed by atoms with Gasteiger partial charge in [-0.3, -0.25) is 14.3 Å². The number of amides is 1. The van der Waals surface area contributed by atoms with Crippen molar-refractivity contribution >= 4 is 28.6 Å². The summed E-state index contributed by atoms with van der Waals surface area (Å²) in [6.07, 6.45) is 4.43. The summed E-state index contributed by atoms with van der Waals surface area (Å²) in [6.45, 7) is 1.44. The molecule has 1 aliphatic heterocycles. The molecule has 0 bridgehead atoms. The molecule has 1 amide bonds. The van der Waals surface area contributed by atoms with Crippen molar-refractivity contribution in [1.29, 1.82) is 0 Å². The molecule has 3 heterocycles. The number of hydrogen-bond donors (Lipinski definition) is 2. The number of carbonyl (C=O) groups excluding carboxylic acids is 1. The minimum Gasteiger partial charge on any atom is -0.493 e. The highest BCUT2D eigenvalue weighted by atomic mass is 16.5. The number of aliphatic carboxylic acids is 1. The van der Waals surface area contributed by atoms with E-state index < -0.39 is 12.0 Å². The van der Waals surface area contributed by atoms with Gasteiger partial charge in [0, 0.05) is 43.7 Å². The second-order valence-electron chi connectivity index (χ2n) is 9.69. The number of carboxylic acid groups (broad SMARTS) is 1. The van der Waals surface area contributed by atoms with Gasteiger partial charge >= 0.3 is 5.97 Å². The first kappa shape index (κ1) is 25.3. The second-order valence-corrected chi connectivity index (χ2v) is 9.69. The summed E-state index contributed by atoms with van der Waals surface area (Å²) in [7, 11) is 3.37. The Labute approximate surface area is 221 Å². The van der Waals surface area contributed by atoms with E-state index in [0.717, 1.165) is 41.8 Å². The summed E-state index contributed by atoms with van der Waals surface area (Å²) in [5.41, 5.74) is 4.24.